The summed E-state index contributed by atoms with van der Waals surface area (Å²) in [5, 5.41) is 19.3. The molecule has 2 atom stereocenters. The van der Waals surface area contributed by atoms with E-state index in [-0.39, 0.29) is 5.56 Å². The summed E-state index contributed by atoms with van der Waals surface area (Å²) in [5.41, 5.74) is 5.58. The molecule has 2 unspecified atom stereocenters. The molecule has 3 nitrogen and oxygen atoms in total. The fourth-order valence-electron chi connectivity index (χ4n) is 1.51. The molecule has 0 bridgehead atoms. The lowest BCUT2D eigenvalue weighted by Crippen LogP contribution is -2.24. The van der Waals surface area contributed by atoms with Gasteiger partial charge in [0.1, 0.15) is 5.75 Å². The smallest absolute Gasteiger partial charge is 0.267 e. The van der Waals surface area contributed by atoms with Crippen molar-refractivity contribution >= 4 is 0 Å². The van der Waals surface area contributed by atoms with E-state index in [1.165, 1.54) is 19.1 Å². The van der Waals surface area contributed by atoms with Gasteiger partial charge >= 0.3 is 0 Å². The van der Waals surface area contributed by atoms with E-state index in [0.717, 1.165) is 0 Å². The maximum absolute atomic E-state index is 12.6. The molecule has 5 heteroatoms. The maximum atomic E-state index is 12.6. The first-order valence-electron chi connectivity index (χ1n) is 4.89. The Kier molecular flexibility index (Phi) is 3.83. The van der Waals surface area contributed by atoms with Gasteiger partial charge in [-0.25, -0.2) is 8.78 Å². The van der Waals surface area contributed by atoms with Crippen molar-refractivity contribution < 1.29 is 19.0 Å². The molecular formula is C11H15F2NO2. The Hall–Kier alpha value is -1.20. The minimum atomic E-state index is -2.78. The van der Waals surface area contributed by atoms with Crippen LogP contribution in [0.5, 0.6) is 5.75 Å². The molecule has 4 N–H and O–H groups in total. The number of aryl methyl sites for hydroxylation is 1. The molecule has 0 aliphatic rings. The number of hydrogen-bond donors (Lipinski definition) is 3. The van der Waals surface area contributed by atoms with Crippen LogP contribution in [0.25, 0.3) is 0 Å². The van der Waals surface area contributed by atoms with Crippen molar-refractivity contribution in [1.29, 1.82) is 0 Å². The van der Waals surface area contributed by atoms with Crippen molar-refractivity contribution in [2.45, 2.75) is 32.4 Å². The van der Waals surface area contributed by atoms with Crippen molar-refractivity contribution in [2.75, 3.05) is 0 Å². The van der Waals surface area contributed by atoms with Gasteiger partial charge < -0.3 is 15.9 Å². The first-order chi connectivity index (χ1) is 7.34. The highest BCUT2D eigenvalue weighted by molar-refractivity contribution is 5.45. The van der Waals surface area contributed by atoms with Gasteiger partial charge in [-0.2, -0.15) is 0 Å². The fraction of sp³-hybridized carbons (Fsp3) is 0.455. The highest BCUT2D eigenvalue weighted by atomic mass is 19.3. The zero-order valence-corrected chi connectivity index (χ0v) is 9.11. The van der Waals surface area contributed by atoms with E-state index in [2.05, 4.69) is 0 Å². The van der Waals surface area contributed by atoms with E-state index in [1.807, 2.05) is 0 Å². The normalized spacial score (nSPS) is 15.2. The van der Waals surface area contributed by atoms with Gasteiger partial charge in [-0.1, -0.05) is 5.56 Å². The predicted octanol–water partition coefficient (Wildman–Crippen LogP) is 2.02. The molecule has 0 aromatic heterocycles. The van der Waals surface area contributed by atoms with E-state index < -0.39 is 29.9 Å². The third-order valence-electron chi connectivity index (χ3n) is 2.36. The van der Waals surface area contributed by atoms with Crippen molar-refractivity contribution in [1.82, 2.24) is 0 Å². The zero-order chi connectivity index (χ0) is 12.5. The number of phenols is 1. The second-order valence-corrected chi connectivity index (χ2v) is 3.90. The third-order valence-corrected chi connectivity index (χ3v) is 2.36. The van der Waals surface area contributed by atoms with Crippen LogP contribution in [0, 0.1) is 6.92 Å². The number of halogens is 2. The number of alkyl halides is 2. The molecule has 0 fully saturated rings. The van der Waals surface area contributed by atoms with Gasteiger partial charge in [0.05, 0.1) is 11.7 Å². The number of phenolic OH excluding ortho intramolecular Hbond substituents is 1. The van der Waals surface area contributed by atoms with Gasteiger partial charge in [-0.15, -0.1) is 0 Å². The van der Waals surface area contributed by atoms with Crippen LogP contribution in [0.3, 0.4) is 0 Å². The molecule has 1 rings (SSSR count). The molecule has 1 aromatic carbocycles. The zero-order valence-electron chi connectivity index (χ0n) is 9.11. The van der Waals surface area contributed by atoms with Gasteiger partial charge in [-0.05, 0) is 26.0 Å². The van der Waals surface area contributed by atoms with E-state index in [0.29, 0.717) is 5.56 Å². The lowest BCUT2D eigenvalue weighted by molar-refractivity contribution is 0.138. The van der Waals surface area contributed by atoms with Crippen LogP contribution in [0.2, 0.25) is 0 Å². The Morgan fingerprint density at radius 3 is 2.19 bits per heavy atom. The highest BCUT2D eigenvalue weighted by Crippen LogP contribution is 2.36. The second kappa shape index (κ2) is 4.76. The minimum Gasteiger partial charge on any atom is -0.507 e. The molecular weight excluding hydrogens is 216 g/mol. The summed E-state index contributed by atoms with van der Waals surface area (Å²) in [4.78, 5) is 0. The summed E-state index contributed by atoms with van der Waals surface area (Å²) in [6.45, 7) is 3.15. The molecule has 0 spiro atoms. The Balaban J connectivity index is 3.29. The standard InChI is InChI=1S/C11H15F2NO2/c1-5-3-7(9(15)6(2)14)10(16)8(4-5)11(12)13/h3-4,6,9,11,15-16H,14H2,1-2H3. The van der Waals surface area contributed by atoms with Gasteiger partial charge in [0.2, 0.25) is 0 Å². The average molecular weight is 231 g/mol. The number of benzene rings is 1. The molecule has 0 radical (unpaired) electrons. The van der Waals surface area contributed by atoms with Crippen LogP contribution in [-0.2, 0) is 0 Å². The maximum Gasteiger partial charge on any atom is 0.267 e. The Bertz CT molecular complexity index is 380. The van der Waals surface area contributed by atoms with Crippen molar-refractivity contribution in [3.8, 4) is 5.75 Å². The Morgan fingerprint density at radius 2 is 1.75 bits per heavy atom. The number of aliphatic hydroxyl groups is 1. The molecule has 0 saturated carbocycles. The molecule has 1 aromatic rings. The van der Waals surface area contributed by atoms with Crippen LogP contribution in [0.1, 0.15) is 36.1 Å². The first-order valence-corrected chi connectivity index (χ1v) is 4.89. The minimum absolute atomic E-state index is 0.0466. The molecule has 0 heterocycles. The average Bonchev–Trinajstić information content (AvgIpc) is 2.19. The van der Waals surface area contributed by atoms with Crippen LogP contribution in [0.4, 0.5) is 8.78 Å². The largest absolute Gasteiger partial charge is 0.507 e. The quantitative estimate of drug-likeness (QED) is 0.745. The van der Waals surface area contributed by atoms with E-state index in [4.69, 9.17) is 5.73 Å². The lowest BCUT2D eigenvalue weighted by atomic mass is 9.97. The molecule has 0 aliphatic carbocycles. The molecule has 0 saturated heterocycles. The van der Waals surface area contributed by atoms with Crippen LogP contribution in [0.15, 0.2) is 12.1 Å². The van der Waals surface area contributed by atoms with Gasteiger partial charge in [0.25, 0.3) is 6.43 Å². The highest BCUT2D eigenvalue weighted by Gasteiger charge is 2.22. The summed E-state index contributed by atoms with van der Waals surface area (Å²) in [5.74, 6) is -0.578. The number of aromatic hydroxyl groups is 1. The molecule has 0 amide bonds. The van der Waals surface area contributed by atoms with E-state index >= 15 is 0 Å². The Morgan fingerprint density at radius 1 is 1.25 bits per heavy atom. The monoisotopic (exact) mass is 231 g/mol. The van der Waals surface area contributed by atoms with E-state index in [9.17, 15) is 19.0 Å². The van der Waals surface area contributed by atoms with Crippen LogP contribution < -0.4 is 5.73 Å². The van der Waals surface area contributed by atoms with Gasteiger partial charge in [-0.3, -0.25) is 0 Å². The third kappa shape index (κ3) is 2.48. The Labute approximate surface area is 92.5 Å². The van der Waals surface area contributed by atoms with Crippen molar-refractivity contribution in [3.05, 3.63) is 28.8 Å². The summed E-state index contributed by atoms with van der Waals surface area (Å²) in [6, 6.07) is 2.00. The SMILES string of the molecule is Cc1cc(C(F)F)c(O)c(C(O)C(C)N)c1. The number of nitrogens with two attached hydrogens (primary N) is 1. The van der Waals surface area contributed by atoms with Gasteiger partial charge in [0.15, 0.2) is 0 Å². The number of rotatable bonds is 3. The summed E-state index contributed by atoms with van der Waals surface area (Å²) >= 11 is 0. The molecule has 0 aliphatic heterocycles. The summed E-state index contributed by atoms with van der Waals surface area (Å²) in [6.07, 6.45) is -3.93. The second-order valence-electron chi connectivity index (χ2n) is 3.90. The first kappa shape index (κ1) is 12.9. The number of hydrogen-bond acceptors (Lipinski definition) is 3. The van der Waals surface area contributed by atoms with Crippen molar-refractivity contribution in [2.24, 2.45) is 5.73 Å². The van der Waals surface area contributed by atoms with Crippen LogP contribution >= 0.6 is 0 Å². The topological polar surface area (TPSA) is 66.5 Å². The molecule has 90 valence electrons. The van der Waals surface area contributed by atoms with Gasteiger partial charge in [0, 0.05) is 11.6 Å². The number of aliphatic hydroxyl groups excluding tert-OH is 1. The van der Waals surface area contributed by atoms with Crippen LogP contribution in [-0.4, -0.2) is 16.3 Å². The molecule has 16 heavy (non-hydrogen) atoms. The lowest BCUT2D eigenvalue weighted by Gasteiger charge is -2.18. The van der Waals surface area contributed by atoms with E-state index in [1.54, 1.807) is 6.92 Å². The fourth-order valence-corrected chi connectivity index (χ4v) is 1.51. The summed E-state index contributed by atoms with van der Waals surface area (Å²) < 4.78 is 25.2. The summed E-state index contributed by atoms with van der Waals surface area (Å²) in [7, 11) is 0. The predicted molar refractivity (Wildman–Crippen MR) is 56.4 cm³/mol. The van der Waals surface area contributed by atoms with Crippen molar-refractivity contribution in [3.63, 3.8) is 0 Å².